The van der Waals surface area contributed by atoms with Crippen molar-refractivity contribution in [2.45, 2.75) is 32.0 Å². The second-order valence-electron chi connectivity index (χ2n) is 5.27. The summed E-state index contributed by atoms with van der Waals surface area (Å²) in [7, 11) is 0. The van der Waals surface area contributed by atoms with Crippen molar-refractivity contribution in [3.05, 3.63) is 18.7 Å². The second kappa shape index (κ2) is 6.46. The van der Waals surface area contributed by atoms with E-state index in [1.807, 2.05) is 10.8 Å². The van der Waals surface area contributed by atoms with Crippen molar-refractivity contribution in [1.82, 2.24) is 20.2 Å². The Hall–Kier alpha value is -1.57. The van der Waals surface area contributed by atoms with E-state index in [4.69, 9.17) is 0 Å². The first-order chi connectivity index (χ1) is 9.96. The third-order valence-electron chi connectivity index (χ3n) is 3.82. The van der Waals surface area contributed by atoms with Crippen LogP contribution in [-0.4, -0.2) is 41.3 Å². The van der Waals surface area contributed by atoms with Crippen LogP contribution in [0.25, 0.3) is 0 Å². The van der Waals surface area contributed by atoms with Gasteiger partial charge in [-0.05, 0) is 25.8 Å². The van der Waals surface area contributed by atoms with Crippen LogP contribution in [0.4, 0.5) is 13.2 Å². The molecule has 2 heterocycles. The Kier molecular flexibility index (Phi) is 4.87. The third-order valence-corrected chi connectivity index (χ3v) is 3.82. The number of unbranched alkanes of at least 4 members (excludes halogenated alkanes) is 1. The van der Waals surface area contributed by atoms with Crippen LogP contribution in [0.3, 0.4) is 0 Å². The summed E-state index contributed by atoms with van der Waals surface area (Å²) in [5.41, 5.74) is -2.27. The number of imidazole rings is 1. The molecule has 0 aliphatic carbocycles. The number of carbonyl (C=O) groups is 1. The summed E-state index contributed by atoms with van der Waals surface area (Å²) in [5, 5.41) is 5.06. The summed E-state index contributed by atoms with van der Waals surface area (Å²) >= 11 is 0. The molecule has 5 nitrogen and oxygen atoms in total. The van der Waals surface area contributed by atoms with E-state index in [1.165, 1.54) is 0 Å². The minimum absolute atomic E-state index is 0.197. The van der Waals surface area contributed by atoms with Gasteiger partial charge in [-0.1, -0.05) is 0 Å². The number of rotatable bonds is 6. The molecule has 8 heteroatoms. The normalized spacial score (nSPS) is 22.4. The van der Waals surface area contributed by atoms with Gasteiger partial charge in [0.2, 0.25) is 5.91 Å². The smallest absolute Gasteiger partial charge is 0.355 e. The predicted molar refractivity (Wildman–Crippen MR) is 70.4 cm³/mol. The Morgan fingerprint density at radius 3 is 2.81 bits per heavy atom. The van der Waals surface area contributed by atoms with Gasteiger partial charge in [0.15, 0.2) is 5.41 Å². The van der Waals surface area contributed by atoms with Crippen molar-refractivity contribution in [2.24, 2.45) is 5.41 Å². The molecule has 1 aromatic rings. The van der Waals surface area contributed by atoms with Gasteiger partial charge in [-0.25, -0.2) is 4.98 Å². The Morgan fingerprint density at radius 1 is 1.43 bits per heavy atom. The van der Waals surface area contributed by atoms with Crippen LogP contribution in [0, 0.1) is 5.41 Å². The molecule has 1 amide bonds. The van der Waals surface area contributed by atoms with E-state index >= 15 is 0 Å². The molecular weight excluding hydrogens is 285 g/mol. The summed E-state index contributed by atoms with van der Waals surface area (Å²) in [6, 6.07) is 0. The van der Waals surface area contributed by atoms with Crippen LogP contribution in [0.1, 0.15) is 19.3 Å². The zero-order valence-electron chi connectivity index (χ0n) is 11.6. The van der Waals surface area contributed by atoms with Crippen LogP contribution >= 0.6 is 0 Å². The molecule has 21 heavy (non-hydrogen) atoms. The quantitative estimate of drug-likeness (QED) is 0.779. The third kappa shape index (κ3) is 3.55. The zero-order chi connectivity index (χ0) is 15.3. The monoisotopic (exact) mass is 304 g/mol. The molecule has 1 aliphatic rings. The molecule has 0 radical (unpaired) electrons. The zero-order valence-corrected chi connectivity index (χ0v) is 11.6. The summed E-state index contributed by atoms with van der Waals surface area (Å²) in [4.78, 5) is 15.8. The van der Waals surface area contributed by atoms with E-state index in [0.717, 1.165) is 13.0 Å². The lowest BCUT2D eigenvalue weighted by Crippen LogP contribution is -2.52. The van der Waals surface area contributed by atoms with E-state index in [9.17, 15) is 18.0 Å². The molecule has 2 rings (SSSR count). The number of aryl methyl sites for hydroxylation is 1. The van der Waals surface area contributed by atoms with E-state index < -0.39 is 17.5 Å². The Balaban J connectivity index is 1.75. The van der Waals surface area contributed by atoms with Gasteiger partial charge in [0, 0.05) is 32.0 Å². The Bertz CT molecular complexity index is 452. The average Bonchev–Trinajstić information content (AvgIpc) is 3.09. The number of nitrogens with one attached hydrogen (secondary N) is 2. The highest BCUT2D eigenvalue weighted by atomic mass is 19.4. The lowest BCUT2D eigenvalue weighted by Gasteiger charge is -2.29. The molecule has 0 aromatic carbocycles. The largest absolute Gasteiger partial charge is 0.404 e. The van der Waals surface area contributed by atoms with E-state index in [-0.39, 0.29) is 26.1 Å². The minimum Gasteiger partial charge on any atom is -0.355 e. The van der Waals surface area contributed by atoms with Gasteiger partial charge < -0.3 is 15.2 Å². The molecule has 0 bridgehead atoms. The predicted octanol–water partition coefficient (Wildman–Crippen LogP) is 1.32. The summed E-state index contributed by atoms with van der Waals surface area (Å²) in [5.74, 6) is -0.914. The molecular formula is C13H19F3N4O. The molecule has 1 saturated heterocycles. The molecule has 1 atom stereocenters. The number of carbonyl (C=O) groups excluding carboxylic acids is 1. The number of alkyl halides is 3. The van der Waals surface area contributed by atoms with Crippen LogP contribution < -0.4 is 10.6 Å². The average molecular weight is 304 g/mol. The maximum atomic E-state index is 13.1. The molecule has 1 aromatic heterocycles. The molecule has 0 saturated carbocycles. The van der Waals surface area contributed by atoms with Crippen molar-refractivity contribution >= 4 is 5.91 Å². The number of aromatic nitrogens is 2. The number of amides is 1. The van der Waals surface area contributed by atoms with Gasteiger partial charge in [0.05, 0.1) is 6.33 Å². The van der Waals surface area contributed by atoms with E-state index in [1.54, 1.807) is 12.5 Å². The fourth-order valence-corrected chi connectivity index (χ4v) is 2.47. The summed E-state index contributed by atoms with van der Waals surface area (Å²) in [6.07, 6.45) is 1.86. The first-order valence-electron chi connectivity index (χ1n) is 6.97. The highest BCUT2D eigenvalue weighted by Gasteiger charge is 2.61. The molecule has 2 N–H and O–H groups in total. The lowest BCUT2D eigenvalue weighted by molar-refractivity contribution is -0.216. The van der Waals surface area contributed by atoms with Crippen molar-refractivity contribution in [2.75, 3.05) is 19.6 Å². The fourth-order valence-electron chi connectivity index (χ4n) is 2.47. The molecule has 1 fully saturated rings. The van der Waals surface area contributed by atoms with Gasteiger partial charge in [-0.2, -0.15) is 13.2 Å². The lowest BCUT2D eigenvalue weighted by atomic mass is 9.85. The van der Waals surface area contributed by atoms with Gasteiger partial charge in [-0.15, -0.1) is 0 Å². The number of halogens is 3. The van der Waals surface area contributed by atoms with E-state index in [0.29, 0.717) is 6.42 Å². The standard InChI is InChI=1S/C13H19F3N4O/c14-13(15,16)12(3-5-17-9-12)11(21)19-4-1-2-7-20-8-6-18-10-20/h6,8,10,17H,1-5,7,9H2,(H,19,21). The minimum atomic E-state index is -4.52. The Labute approximate surface area is 120 Å². The first-order valence-corrected chi connectivity index (χ1v) is 6.97. The first kappa shape index (κ1) is 15.8. The SMILES string of the molecule is O=C(NCCCCn1ccnc1)C1(C(F)(F)F)CCNC1. The van der Waals surface area contributed by atoms with Gasteiger partial charge in [0.1, 0.15) is 0 Å². The fraction of sp³-hybridized carbons (Fsp3) is 0.692. The summed E-state index contributed by atoms with van der Waals surface area (Å²) < 4.78 is 41.2. The second-order valence-corrected chi connectivity index (χ2v) is 5.27. The van der Waals surface area contributed by atoms with Crippen LogP contribution in [0.2, 0.25) is 0 Å². The van der Waals surface area contributed by atoms with E-state index in [2.05, 4.69) is 15.6 Å². The highest BCUT2D eigenvalue weighted by Crippen LogP contribution is 2.43. The van der Waals surface area contributed by atoms with Crippen molar-refractivity contribution in [3.63, 3.8) is 0 Å². The van der Waals surface area contributed by atoms with Crippen molar-refractivity contribution in [3.8, 4) is 0 Å². The maximum absolute atomic E-state index is 13.1. The topological polar surface area (TPSA) is 59.0 Å². The van der Waals surface area contributed by atoms with Gasteiger partial charge in [-0.3, -0.25) is 4.79 Å². The van der Waals surface area contributed by atoms with Crippen LogP contribution in [0.15, 0.2) is 18.7 Å². The molecule has 1 aliphatic heterocycles. The van der Waals surface area contributed by atoms with Gasteiger partial charge in [0.25, 0.3) is 0 Å². The Morgan fingerprint density at radius 2 is 2.24 bits per heavy atom. The summed E-state index contributed by atoms with van der Waals surface area (Å²) in [6.45, 7) is 0.873. The van der Waals surface area contributed by atoms with Crippen LogP contribution in [0.5, 0.6) is 0 Å². The van der Waals surface area contributed by atoms with Gasteiger partial charge >= 0.3 is 6.18 Å². The van der Waals surface area contributed by atoms with Crippen LogP contribution in [-0.2, 0) is 11.3 Å². The number of hydrogen-bond donors (Lipinski definition) is 2. The molecule has 0 spiro atoms. The van der Waals surface area contributed by atoms with Crippen molar-refractivity contribution in [1.29, 1.82) is 0 Å². The molecule has 1 unspecified atom stereocenters. The maximum Gasteiger partial charge on any atom is 0.404 e. The number of hydrogen-bond acceptors (Lipinski definition) is 3. The van der Waals surface area contributed by atoms with Crippen molar-refractivity contribution < 1.29 is 18.0 Å². The number of nitrogens with zero attached hydrogens (tertiary/aromatic N) is 2. The molecule has 118 valence electrons. The highest BCUT2D eigenvalue weighted by molar-refractivity contribution is 5.84.